The van der Waals surface area contributed by atoms with Gasteiger partial charge in [0.25, 0.3) is 0 Å². The number of nitrogens with two attached hydrogens (primary N) is 1. The van der Waals surface area contributed by atoms with E-state index in [0.717, 1.165) is 11.3 Å². The molecule has 0 bridgehead atoms. The number of benzene rings is 1. The van der Waals surface area contributed by atoms with Crippen molar-refractivity contribution in [1.29, 1.82) is 0 Å². The van der Waals surface area contributed by atoms with Crippen LogP contribution in [0.1, 0.15) is 17.4 Å². The highest BCUT2D eigenvalue weighted by Gasteiger charge is 2.15. The van der Waals surface area contributed by atoms with E-state index < -0.39 is 6.04 Å². The molecule has 106 valence electrons. The molecule has 3 rings (SSSR count). The molecule has 0 aliphatic heterocycles. The van der Waals surface area contributed by atoms with Gasteiger partial charge in [0.2, 0.25) is 5.82 Å². The summed E-state index contributed by atoms with van der Waals surface area (Å²) in [6.07, 6.45) is 4.79. The Morgan fingerprint density at radius 3 is 2.95 bits per heavy atom. The minimum absolute atomic E-state index is 0.418. The Labute approximate surface area is 121 Å². The van der Waals surface area contributed by atoms with Crippen LogP contribution in [0, 0.1) is 0 Å². The number of H-pyrrole nitrogens is 1. The SMILES string of the molecule is COc1cccc([C@@H](N)c2nc(-c3cnccn3)n[nH]2)c1. The molecular weight excluding hydrogens is 268 g/mol. The molecule has 2 aromatic heterocycles. The molecule has 7 nitrogen and oxygen atoms in total. The highest BCUT2D eigenvalue weighted by molar-refractivity contribution is 5.46. The molecule has 1 atom stereocenters. The van der Waals surface area contributed by atoms with Crippen molar-refractivity contribution in [3.05, 3.63) is 54.2 Å². The summed E-state index contributed by atoms with van der Waals surface area (Å²) in [4.78, 5) is 12.5. The summed E-state index contributed by atoms with van der Waals surface area (Å²) in [5.41, 5.74) is 7.69. The molecule has 0 saturated heterocycles. The zero-order chi connectivity index (χ0) is 14.7. The van der Waals surface area contributed by atoms with E-state index in [1.807, 2.05) is 24.3 Å². The van der Waals surface area contributed by atoms with Gasteiger partial charge in [0.1, 0.15) is 17.3 Å². The fraction of sp³-hybridized carbons (Fsp3) is 0.143. The van der Waals surface area contributed by atoms with Gasteiger partial charge in [0.15, 0.2) is 0 Å². The van der Waals surface area contributed by atoms with Crippen LogP contribution >= 0.6 is 0 Å². The third kappa shape index (κ3) is 2.72. The van der Waals surface area contributed by atoms with Crippen molar-refractivity contribution in [2.75, 3.05) is 7.11 Å². The van der Waals surface area contributed by atoms with Crippen LogP contribution < -0.4 is 10.5 Å². The van der Waals surface area contributed by atoms with Crippen molar-refractivity contribution in [1.82, 2.24) is 25.1 Å². The van der Waals surface area contributed by atoms with Gasteiger partial charge in [-0.2, -0.15) is 5.10 Å². The summed E-state index contributed by atoms with van der Waals surface area (Å²) in [7, 11) is 1.62. The quantitative estimate of drug-likeness (QED) is 0.748. The van der Waals surface area contributed by atoms with Crippen LogP contribution in [0.2, 0.25) is 0 Å². The molecule has 0 saturated carbocycles. The highest BCUT2D eigenvalue weighted by atomic mass is 16.5. The Bertz CT molecular complexity index is 727. The number of nitrogens with zero attached hydrogens (tertiary/aromatic N) is 4. The van der Waals surface area contributed by atoms with Crippen LogP contribution in [-0.4, -0.2) is 32.3 Å². The van der Waals surface area contributed by atoms with E-state index in [1.54, 1.807) is 25.7 Å². The largest absolute Gasteiger partial charge is 0.497 e. The second-order valence-electron chi connectivity index (χ2n) is 4.39. The third-order valence-electron chi connectivity index (χ3n) is 3.04. The van der Waals surface area contributed by atoms with Crippen LogP contribution in [0.4, 0.5) is 0 Å². The van der Waals surface area contributed by atoms with Crippen LogP contribution in [0.25, 0.3) is 11.5 Å². The normalized spacial score (nSPS) is 12.1. The van der Waals surface area contributed by atoms with Crippen LogP contribution in [0.15, 0.2) is 42.9 Å². The van der Waals surface area contributed by atoms with Gasteiger partial charge in [-0.25, -0.2) is 9.97 Å². The molecule has 0 radical (unpaired) electrons. The average molecular weight is 282 g/mol. The second kappa shape index (κ2) is 5.68. The number of rotatable bonds is 4. The summed E-state index contributed by atoms with van der Waals surface area (Å²) < 4.78 is 5.20. The molecule has 3 aromatic rings. The first-order valence-electron chi connectivity index (χ1n) is 6.36. The number of nitrogens with one attached hydrogen (secondary N) is 1. The van der Waals surface area contributed by atoms with Crippen molar-refractivity contribution >= 4 is 0 Å². The smallest absolute Gasteiger partial charge is 0.201 e. The van der Waals surface area contributed by atoms with Gasteiger partial charge in [-0.05, 0) is 17.7 Å². The first-order chi connectivity index (χ1) is 10.3. The van der Waals surface area contributed by atoms with Gasteiger partial charge in [-0.3, -0.25) is 10.1 Å². The number of hydrogen-bond donors (Lipinski definition) is 2. The fourth-order valence-electron chi connectivity index (χ4n) is 1.94. The Kier molecular flexibility index (Phi) is 3.57. The molecule has 21 heavy (non-hydrogen) atoms. The molecule has 0 unspecified atom stereocenters. The summed E-state index contributed by atoms with van der Waals surface area (Å²) in [5.74, 6) is 1.77. The zero-order valence-electron chi connectivity index (χ0n) is 11.4. The predicted molar refractivity (Wildman–Crippen MR) is 76.4 cm³/mol. The molecule has 7 heteroatoms. The molecule has 3 N–H and O–H groups in total. The van der Waals surface area contributed by atoms with Crippen molar-refractivity contribution < 1.29 is 4.74 Å². The van der Waals surface area contributed by atoms with E-state index in [2.05, 4.69) is 25.1 Å². The Hall–Kier alpha value is -2.80. The third-order valence-corrected chi connectivity index (χ3v) is 3.04. The Morgan fingerprint density at radius 2 is 2.19 bits per heavy atom. The van der Waals surface area contributed by atoms with Crippen LogP contribution in [-0.2, 0) is 0 Å². The first-order valence-corrected chi connectivity index (χ1v) is 6.36. The standard InChI is InChI=1S/C14H14N6O/c1-21-10-4-2-3-9(7-10)12(15)14-18-13(19-20-14)11-8-16-5-6-17-11/h2-8,12H,15H2,1H3,(H,18,19,20)/t12-/m1/s1. The van der Waals surface area contributed by atoms with Crippen molar-refractivity contribution in [2.45, 2.75) is 6.04 Å². The van der Waals surface area contributed by atoms with E-state index in [4.69, 9.17) is 10.5 Å². The molecule has 1 aromatic carbocycles. The van der Waals surface area contributed by atoms with Crippen LogP contribution in [0.5, 0.6) is 5.75 Å². The van der Waals surface area contributed by atoms with E-state index in [-0.39, 0.29) is 0 Å². The lowest BCUT2D eigenvalue weighted by Gasteiger charge is -2.09. The number of hydrogen-bond acceptors (Lipinski definition) is 6. The van der Waals surface area contributed by atoms with E-state index >= 15 is 0 Å². The lowest BCUT2D eigenvalue weighted by Crippen LogP contribution is -2.13. The second-order valence-corrected chi connectivity index (χ2v) is 4.39. The van der Waals surface area contributed by atoms with Gasteiger partial charge in [-0.15, -0.1) is 0 Å². The zero-order valence-corrected chi connectivity index (χ0v) is 11.4. The number of methoxy groups -OCH3 is 1. The molecule has 0 fully saturated rings. The maximum atomic E-state index is 6.21. The van der Waals surface area contributed by atoms with Crippen molar-refractivity contribution in [3.8, 4) is 17.3 Å². The van der Waals surface area contributed by atoms with Crippen molar-refractivity contribution in [3.63, 3.8) is 0 Å². The molecule has 0 amide bonds. The summed E-state index contributed by atoms with van der Waals surface area (Å²) in [5, 5.41) is 6.97. The fourth-order valence-corrected chi connectivity index (χ4v) is 1.94. The molecule has 2 heterocycles. The Balaban J connectivity index is 1.88. The lowest BCUT2D eigenvalue weighted by molar-refractivity contribution is 0.414. The van der Waals surface area contributed by atoms with E-state index in [9.17, 15) is 0 Å². The Morgan fingerprint density at radius 1 is 1.29 bits per heavy atom. The molecular formula is C14H14N6O. The maximum Gasteiger partial charge on any atom is 0.201 e. The maximum absolute atomic E-state index is 6.21. The summed E-state index contributed by atoms with van der Waals surface area (Å²) in [6.45, 7) is 0. The van der Waals surface area contributed by atoms with Gasteiger partial charge < -0.3 is 10.5 Å². The van der Waals surface area contributed by atoms with Gasteiger partial charge >= 0.3 is 0 Å². The molecule has 0 spiro atoms. The summed E-state index contributed by atoms with van der Waals surface area (Å²) >= 11 is 0. The lowest BCUT2D eigenvalue weighted by atomic mass is 10.1. The van der Waals surface area contributed by atoms with E-state index in [0.29, 0.717) is 17.3 Å². The van der Waals surface area contributed by atoms with E-state index in [1.165, 1.54) is 0 Å². The number of aromatic nitrogens is 5. The van der Waals surface area contributed by atoms with Gasteiger partial charge in [0, 0.05) is 12.4 Å². The minimum Gasteiger partial charge on any atom is -0.497 e. The topological polar surface area (TPSA) is 103 Å². The summed E-state index contributed by atoms with van der Waals surface area (Å²) in [6, 6.07) is 7.11. The van der Waals surface area contributed by atoms with Gasteiger partial charge in [-0.1, -0.05) is 12.1 Å². The average Bonchev–Trinajstić information content (AvgIpc) is 3.05. The van der Waals surface area contributed by atoms with Crippen LogP contribution in [0.3, 0.4) is 0 Å². The van der Waals surface area contributed by atoms with Gasteiger partial charge in [0.05, 0.1) is 19.3 Å². The first kappa shape index (κ1) is 13.2. The predicted octanol–water partition coefficient (Wildman–Crippen LogP) is 1.32. The number of ether oxygens (including phenoxy) is 1. The molecule has 0 aliphatic carbocycles. The molecule has 0 aliphatic rings. The monoisotopic (exact) mass is 282 g/mol. The number of aromatic amines is 1. The minimum atomic E-state index is -0.418. The highest BCUT2D eigenvalue weighted by Crippen LogP contribution is 2.22. The van der Waals surface area contributed by atoms with Crippen molar-refractivity contribution in [2.24, 2.45) is 5.73 Å².